The number of likely N-dealkylation sites (N-methyl/N-ethyl adjacent to an activating group) is 1. The molecule has 2 N–H and O–H groups in total. The van der Waals surface area contributed by atoms with Crippen molar-refractivity contribution in [3.05, 3.63) is 53.6 Å². The van der Waals surface area contributed by atoms with Crippen LogP contribution in [0.25, 0.3) is 0 Å². The average molecular weight is 368 g/mol. The number of hydrogen-bond acceptors (Lipinski definition) is 4. The van der Waals surface area contributed by atoms with Crippen LogP contribution < -0.4 is 19.7 Å². The number of benzene rings is 2. The van der Waals surface area contributed by atoms with Gasteiger partial charge in [-0.05, 0) is 43.7 Å². The minimum atomic E-state index is -0.225. The van der Waals surface area contributed by atoms with Crippen molar-refractivity contribution in [3.63, 3.8) is 0 Å². The molecule has 1 atom stereocenters. The summed E-state index contributed by atoms with van der Waals surface area (Å²) >= 11 is 0. The number of nitrogens with one attached hydrogen (secondary N) is 2. The number of para-hydroxylation sites is 1. The number of amides is 1. The van der Waals surface area contributed by atoms with E-state index in [0.717, 1.165) is 47.9 Å². The molecule has 4 rings (SSSR count). The minimum Gasteiger partial charge on any atom is -0.454 e. The second-order valence-corrected chi connectivity index (χ2v) is 6.91. The van der Waals surface area contributed by atoms with E-state index >= 15 is 0 Å². The Hall–Kier alpha value is -2.73. The van der Waals surface area contributed by atoms with Gasteiger partial charge in [-0.3, -0.25) is 4.79 Å². The Morgan fingerprint density at radius 2 is 1.89 bits per heavy atom. The maximum atomic E-state index is 13.2. The first-order chi connectivity index (χ1) is 13.2. The van der Waals surface area contributed by atoms with Gasteiger partial charge in [-0.25, -0.2) is 0 Å². The summed E-state index contributed by atoms with van der Waals surface area (Å²) in [5, 5.41) is 3.54. The summed E-state index contributed by atoms with van der Waals surface area (Å²) in [6.45, 7) is 8.32. The van der Waals surface area contributed by atoms with E-state index < -0.39 is 0 Å². The van der Waals surface area contributed by atoms with Gasteiger partial charge in [-0.15, -0.1) is 0 Å². The molecule has 27 heavy (non-hydrogen) atoms. The number of nitrogens with zero attached hydrogens (tertiary/aromatic N) is 1. The van der Waals surface area contributed by atoms with Gasteiger partial charge in [0.15, 0.2) is 11.5 Å². The summed E-state index contributed by atoms with van der Waals surface area (Å²) in [5.74, 6) is 1.55. The highest BCUT2D eigenvalue weighted by Gasteiger charge is 2.34. The highest BCUT2D eigenvalue weighted by Crippen LogP contribution is 2.38. The Labute approximate surface area is 159 Å². The van der Waals surface area contributed by atoms with E-state index in [1.165, 1.54) is 4.90 Å². The van der Waals surface area contributed by atoms with E-state index in [4.69, 9.17) is 9.47 Å². The van der Waals surface area contributed by atoms with Crippen LogP contribution in [0.1, 0.15) is 35.9 Å². The van der Waals surface area contributed by atoms with Gasteiger partial charge < -0.3 is 24.6 Å². The molecule has 0 bridgehead atoms. The van der Waals surface area contributed by atoms with Crippen molar-refractivity contribution >= 4 is 11.6 Å². The number of hydrogen-bond donors (Lipinski definition) is 2. The second kappa shape index (κ2) is 7.48. The standard InChI is InChI=1S/C21H25N3O3/c1-3-23(4-2)11-12-24-20(15-9-10-18-19(13-15)27-14-26-18)22-17-8-6-5-7-16(17)21(24)25/h5-10,13,20,22H,3-4,11-12,14H2,1-2H3/p+1/t20-/m1/s1. The fourth-order valence-electron chi connectivity index (χ4n) is 3.75. The first-order valence-electron chi connectivity index (χ1n) is 9.61. The summed E-state index contributed by atoms with van der Waals surface area (Å²) < 4.78 is 11.0. The molecule has 2 heterocycles. The third-order valence-electron chi connectivity index (χ3n) is 5.44. The number of quaternary nitrogens is 1. The first kappa shape index (κ1) is 17.7. The highest BCUT2D eigenvalue weighted by atomic mass is 16.7. The highest BCUT2D eigenvalue weighted by molar-refractivity contribution is 6.01. The van der Waals surface area contributed by atoms with Crippen LogP contribution in [0.5, 0.6) is 11.5 Å². The third kappa shape index (κ3) is 3.32. The van der Waals surface area contributed by atoms with Gasteiger partial charge in [0.05, 0.1) is 31.7 Å². The zero-order valence-electron chi connectivity index (χ0n) is 15.8. The third-order valence-corrected chi connectivity index (χ3v) is 5.44. The number of fused-ring (bicyclic) bond motifs is 2. The van der Waals surface area contributed by atoms with E-state index in [2.05, 4.69) is 19.2 Å². The van der Waals surface area contributed by atoms with E-state index in [-0.39, 0.29) is 18.9 Å². The normalized spacial score (nSPS) is 17.8. The van der Waals surface area contributed by atoms with Crippen LogP contribution >= 0.6 is 0 Å². The maximum Gasteiger partial charge on any atom is 0.258 e. The van der Waals surface area contributed by atoms with E-state index in [1.54, 1.807) is 0 Å². The maximum absolute atomic E-state index is 13.2. The Morgan fingerprint density at radius 3 is 2.70 bits per heavy atom. The van der Waals surface area contributed by atoms with Crippen LogP contribution in [0.2, 0.25) is 0 Å². The number of anilines is 1. The Bertz CT molecular complexity index is 835. The van der Waals surface area contributed by atoms with Gasteiger partial charge in [0.1, 0.15) is 6.17 Å². The lowest BCUT2D eigenvalue weighted by molar-refractivity contribution is -0.895. The fourth-order valence-corrected chi connectivity index (χ4v) is 3.75. The molecule has 6 heteroatoms. The molecule has 2 aromatic carbocycles. The minimum absolute atomic E-state index is 0.0681. The topological polar surface area (TPSA) is 55.2 Å². The van der Waals surface area contributed by atoms with Crippen molar-refractivity contribution in [2.75, 3.05) is 38.3 Å². The molecule has 0 radical (unpaired) electrons. The molecule has 0 saturated carbocycles. The van der Waals surface area contributed by atoms with Crippen molar-refractivity contribution in [1.29, 1.82) is 0 Å². The van der Waals surface area contributed by atoms with Gasteiger partial charge in [0.2, 0.25) is 6.79 Å². The molecule has 0 aliphatic carbocycles. The summed E-state index contributed by atoms with van der Waals surface area (Å²) in [6, 6.07) is 13.6. The predicted octanol–water partition coefficient (Wildman–Crippen LogP) is 1.91. The van der Waals surface area contributed by atoms with Crippen molar-refractivity contribution < 1.29 is 19.2 Å². The monoisotopic (exact) mass is 368 g/mol. The SMILES string of the molecule is CC[NH+](CC)CCN1C(=O)c2ccccc2N[C@H]1c1ccc2c(c1)OCO2. The fraction of sp³-hybridized carbons (Fsp3) is 0.381. The zero-order valence-corrected chi connectivity index (χ0v) is 15.8. The molecule has 2 aliphatic heterocycles. The van der Waals surface area contributed by atoms with Crippen molar-refractivity contribution in [3.8, 4) is 11.5 Å². The van der Waals surface area contributed by atoms with Gasteiger partial charge in [-0.1, -0.05) is 18.2 Å². The van der Waals surface area contributed by atoms with Crippen LogP contribution in [-0.4, -0.2) is 43.8 Å². The number of rotatable bonds is 6. The number of carbonyl (C=O) groups excluding carboxylic acids is 1. The predicted molar refractivity (Wildman–Crippen MR) is 103 cm³/mol. The number of carbonyl (C=O) groups is 1. The van der Waals surface area contributed by atoms with Crippen LogP contribution in [0.4, 0.5) is 5.69 Å². The number of ether oxygens (including phenoxy) is 2. The van der Waals surface area contributed by atoms with Gasteiger partial charge in [-0.2, -0.15) is 0 Å². The Kier molecular flexibility index (Phi) is 4.90. The van der Waals surface area contributed by atoms with Gasteiger partial charge in [0.25, 0.3) is 5.91 Å². The summed E-state index contributed by atoms with van der Waals surface area (Å²) in [5.41, 5.74) is 2.59. The second-order valence-electron chi connectivity index (χ2n) is 6.91. The summed E-state index contributed by atoms with van der Waals surface area (Å²) in [4.78, 5) is 16.7. The van der Waals surface area contributed by atoms with Crippen LogP contribution in [0, 0.1) is 0 Å². The molecule has 1 amide bonds. The molecular formula is C21H26N3O3+. The molecule has 142 valence electrons. The molecule has 6 nitrogen and oxygen atoms in total. The lowest BCUT2D eigenvalue weighted by atomic mass is 10.0. The molecular weight excluding hydrogens is 342 g/mol. The van der Waals surface area contributed by atoms with E-state index in [0.29, 0.717) is 6.54 Å². The molecule has 0 saturated heterocycles. The Balaban J connectivity index is 1.67. The van der Waals surface area contributed by atoms with Gasteiger partial charge in [0, 0.05) is 5.69 Å². The van der Waals surface area contributed by atoms with Crippen molar-refractivity contribution in [2.24, 2.45) is 0 Å². The average Bonchev–Trinajstić information content (AvgIpc) is 3.18. The van der Waals surface area contributed by atoms with Crippen molar-refractivity contribution in [1.82, 2.24) is 4.90 Å². The zero-order chi connectivity index (χ0) is 18.8. The molecule has 2 aliphatic rings. The molecule has 0 fully saturated rings. The molecule has 2 aromatic rings. The van der Waals surface area contributed by atoms with Crippen molar-refractivity contribution in [2.45, 2.75) is 20.0 Å². The van der Waals surface area contributed by atoms with E-state index in [9.17, 15) is 4.79 Å². The van der Waals surface area contributed by atoms with Crippen LogP contribution in [0.15, 0.2) is 42.5 Å². The molecule has 0 aromatic heterocycles. The van der Waals surface area contributed by atoms with E-state index in [1.807, 2.05) is 47.4 Å². The summed E-state index contributed by atoms with van der Waals surface area (Å²) in [6.07, 6.45) is -0.225. The smallest absolute Gasteiger partial charge is 0.258 e. The van der Waals surface area contributed by atoms with Crippen LogP contribution in [0.3, 0.4) is 0 Å². The van der Waals surface area contributed by atoms with Gasteiger partial charge >= 0.3 is 0 Å². The molecule has 0 spiro atoms. The molecule has 0 unspecified atom stereocenters. The Morgan fingerprint density at radius 1 is 1.11 bits per heavy atom. The lowest BCUT2D eigenvalue weighted by Crippen LogP contribution is -3.12. The largest absolute Gasteiger partial charge is 0.454 e. The lowest BCUT2D eigenvalue weighted by Gasteiger charge is -2.38. The quantitative estimate of drug-likeness (QED) is 0.818. The first-order valence-corrected chi connectivity index (χ1v) is 9.61. The summed E-state index contributed by atoms with van der Waals surface area (Å²) in [7, 11) is 0. The van der Waals surface area contributed by atoms with Crippen LogP contribution in [-0.2, 0) is 0 Å².